The number of imidazole rings is 1. The highest BCUT2D eigenvalue weighted by atomic mass is 16.1. The standard InChI is InChI=1S/C24H32N6O/c1-5-7-17(2)24(25-3)20-15-18(31)14-19(26-20)21-16-30-22(27-21)8-6-9-23(30)29-12-10-28(4)11-13-29/h5-9,16,19-20,26H,3,10-15H2,1-2,4H3/b7-5-,24-17-/t19-,20+/m1/s1. The molecule has 2 aliphatic rings. The van der Waals surface area contributed by atoms with Crippen LogP contribution in [0, 0.1) is 0 Å². The van der Waals surface area contributed by atoms with E-state index in [-0.39, 0.29) is 17.9 Å². The Hall–Kier alpha value is -2.77. The van der Waals surface area contributed by atoms with E-state index < -0.39 is 0 Å². The number of pyridine rings is 1. The largest absolute Gasteiger partial charge is 0.355 e. The second kappa shape index (κ2) is 9.16. The number of piperazine rings is 1. The third-order valence-electron chi connectivity index (χ3n) is 6.26. The van der Waals surface area contributed by atoms with Crippen LogP contribution in [0.2, 0.25) is 0 Å². The van der Waals surface area contributed by atoms with Gasteiger partial charge in [-0.05, 0) is 45.3 Å². The van der Waals surface area contributed by atoms with Crippen LogP contribution in [0.5, 0.6) is 0 Å². The van der Waals surface area contributed by atoms with Gasteiger partial charge in [-0.25, -0.2) is 4.98 Å². The second-order valence-corrected chi connectivity index (χ2v) is 8.51. The smallest absolute Gasteiger partial charge is 0.138 e. The Bertz CT molecular complexity index is 1030. The first kappa shape index (κ1) is 21.5. The fourth-order valence-corrected chi connectivity index (χ4v) is 4.59. The van der Waals surface area contributed by atoms with Gasteiger partial charge in [-0.2, -0.15) is 0 Å². The molecule has 2 atom stereocenters. The number of anilines is 1. The fraction of sp³-hybridized carbons (Fsp3) is 0.458. The summed E-state index contributed by atoms with van der Waals surface area (Å²) in [7, 11) is 2.16. The van der Waals surface area contributed by atoms with E-state index in [1.807, 2.05) is 32.1 Å². The van der Waals surface area contributed by atoms with E-state index in [1.54, 1.807) is 0 Å². The van der Waals surface area contributed by atoms with Gasteiger partial charge in [0.1, 0.15) is 17.2 Å². The number of nitrogens with zero attached hydrogens (tertiary/aromatic N) is 5. The molecular formula is C24H32N6O. The number of aliphatic imine (C=N–C) groups is 1. The number of aromatic nitrogens is 2. The highest BCUT2D eigenvalue weighted by Gasteiger charge is 2.32. The van der Waals surface area contributed by atoms with E-state index in [9.17, 15) is 4.79 Å². The molecule has 0 radical (unpaired) electrons. The van der Waals surface area contributed by atoms with E-state index in [1.165, 1.54) is 0 Å². The molecule has 4 heterocycles. The maximum Gasteiger partial charge on any atom is 0.138 e. The van der Waals surface area contributed by atoms with E-state index in [0.29, 0.717) is 12.8 Å². The van der Waals surface area contributed by atoms with Gasteiger partial charge >= 0.3 is 0 Å². The number of hydrogen-bond donors (Lipinski definition) is 1. The van der Waals surface area contributed by atoms with Crippen molar-refractivity contribution >= 4 is 24.0 Å². The Morgan fingerprint density at radius 1 is 1.26 bits per heavy atom. The minimum absolute atomic E-state index is 0.137. The van der Waals surface area contributed by atoms with Crippen molar-refractivity contribution in [2.75, 3.05) is 38.1 Å². The molecule has 2 aliphatic heterocycles. The van der Waals surface area contributed by atoms with Gasteiger partial charge in [0.15, 0.2) is 0 Å². The van der Waals surface area contributed by atoms with Gasteiger partial charge < -0.3 is 9.80 Å². The van der Waals surface area contributed by atoms with Crippen LogP contribution in [0.3, 0.4) is 0 Å². The van der Waals surface area contributed by atoms with Crippen molar-refractivity contribution in [2.24, 2.45) is 4.99 Å². The predicted octanol–water partition coefficient (Wildman–Crippen LogP) is 3.00. The van der Waals surface area contributed by atoms with E-state index >= 15 is 0 Å². The van der Waals surface area contributed by atoms with Crippen molar-refractivity contribution in [3.63, 3.8) is 0 Å². The van der Waals surface area contributed by atoms with Gasteiger partial charge in [-0.15, -0.1) is 0 Å². The fourth-order valence-electron chi connectivity index (χ4n) is 4.59. The Kier molecular flexibility index (Phi) is 6.34. The molecule has 2 fully saturated rings. The van der Waals surface area contributed by atoms with Gasteiger partial charge in [0.2, 0.25) is 0 Å². The van der Waals surface area contributed by atoms with Crippen molar-refractivity contribution in [3.8, 4) is 0 Å². The van der Waals surface area contributed by atoms with E-state index in [2.05, 4.69) is 56.6 Å². The van der Waals surface area contributed by atoms with Crippen LogP contribution in [0.25, 0.3) is 5.65 Å². The van der Waals surface area contributed by atoms with Crippen LogP contribution in [-0.4, -0.2) is 66.1 Å². The number of hydrogen-bond acceptors (Lipinski definition) is 6. The molecule has 0 bridgehead atoms. The number of piperidine rings is 1. The lowest BCUT2D eigenvalue weighted by molar-refractivity contribution is -0.121. The number of allylic oxidation sites excluding steroid dienone is 3. The molecule has 0 unspecified atom stereocenters. The van der Waals surface area contributed by atoms with Crippen LogP contribution in [0.15, 0.2) is 52.8 Å². The first-order chi connectivity index (χ1) is 15.0. The summed E-state index contributed by atoms with van der Waals surface area (Å²) in [5, 5.41) is 3.61. The normalized spacial score (nSPS) is 24.1. The molecule has 0 amide bonds. The first-order valence-corrected chi connectivity index (χ1v) is 11.0. The first-order valence-electron chi connectivity index (χ1n) is 11.0. The number of rotatable bonds is 5. The zero-order chi connectivity index (χ0) is 22.0. The summed E-state index contributed by atoms with van der Waals surface area (Å²) < 4.78 is 2.16. The number of nitrogens with one attached hydrogen (secondary N) is 1. The summed E-state index contributed by atoms with van der Waals surface area (Å²) >= 11 is 0. The molecule has 0 aromatic carbocycles. The molecule has 7 nitrogen and oxygen atoms in total. The number of fused-ring (bicyclic) bond motifs is 1. The summed E-state index contributed by atoms with van der Waals surface area (Å²) in [6.07, 6.45) is 6.94. The molecule has 0 aliphatic carbocycles. The van der Waals surface area contributed by atoms with Gasteiger partial charge in [0.05, 0.1) is 23.5 Å². The third kappa shape index (κ3) is 4.48. The van der Waals surface area contributed by atoms with Crippen molar-refractivity contribution in [3.05, 3.63) is 53.5 Å². The summed E-state index contributed by atoms with van der Waals surface area (Å²) in [4.78, 5) is 26.5. The van der Waals surface area contributed by atoms with Crippen molar-refractivity contribution < 1.29 is 4.79 Å². The van der Waals surface area contributed by atoms with E-state index in [0.717, 1.165) is 54.6 Å². The van der Waals surface area contributed by atoms with Crippen LogP contribution < -0.4 is 10.2 Å². The maximum absolute atomic E-state index is 12.6. The van der Waals surface area contributed by atoms with E-state index in [4.69, 9.17) is 4.98 Å². The Morgan fingerprint density at radius 2 is 2.03 bits per heavy atom. The Balaban J connectivity index is 1.63. The summed E-state index contributed by atoms with van der Waals surface area (Å²) in [6, 6.07) is 5.95. The molecule has 0 spiro atoms. The minimum Gasteiger partial charge on any atom is -0.355 e. The van der Waals surface area contributed by atoms with Gasteiger partial charge in [0, 0.05) is 45.2 Å². The van der Waals surface area contributed by atoms with Crippen LogP contribution >= 0.6 is 0 Å². The molecule has 4 rings (SSSR count). The highest BCUT2D eigenvalue weighted by molar-refractivity contribution is 5.81. The summed E-state index contributed by atoms with van der Waals surface area (Å²) in [5.74, 6) is 1.37. The van der Waals surface area contributed by atoms with Crippen LogP contribution in [0.1, 0.15) is 38.4 Å². The third-order valence-corrected chi connectivity index (χ3v) is 6.26. The second-order valence-electron chi connectivity index (χ2n) is 8.51. The molecule has 2 aromatic rings. The predicted molar refractivity (Wildman–Crippen MR) is 126 cm³/mol. The lowest BCUT2D eigenvalue weighted by atomic mass is 9.92. The number of carbonyl (C=O) groups excluding carboxylic acids is 1. The maximum atomic E-state index is 12.6. The SMILES string of the molecule is C=N/C(=C(C)\C=C/C)[C@@H]1CC(=O)C[C@H](c2cn3c(N4CCN(C)CC4)cccc3n2)N1. The molecule has 1 N–H and O–H groups in total. The average Bonchev–Trinajstić information content (AvgIpc) is 3.19. The molecule has 2 aromatic heterocycles. The lowest BCUT2D eigenvalue weighted by Gasteiger charge is -2.34. The molecule has 0 saturated carbocycles. The van der Waals surface area contributed by atoms with Crippen molar-refractivity contribution in [1.82, 2.24) is 19.6 Å². The van der Waals surface area contributed by atoms with Crippen LogP contribution in [0.4, 0.5) is 5.82 Å². The Labute approximate surface area is 184 Å². The zero-order valence-corrected chi connectivity index (χ0v) is 18.7. The average molecular weight is 421 g/mol. The number of Topliss-reactive ketones (excluding diaryl/α,β-unsaturated/α-hetero) is 1. The topological polar surface area (TPSA) is 65.2 Å². The Morgan fingerprint density at radius 3 is 2.74 bits per heavy atom. The lowest BCUT2D eigenvalue weighted by Crippen LogP contribution is -2.45. The highest BCUT2D eigenvalue weighted by Crippen LogP contribution is 2.29. The van der Waals surface area contributed by atoms with Crippen molar-refractivity contribution in [1.29, 1.82) is 0 Å². The van der Waals surface area contributed by atoms with Gasteiger partial charge in [-0.1, -0.05) is 18.2 Å². The molecular weight excluding hydrogens is 388 g/mol. The monoisotopic (exact) mass is 420 g/mol. The molecule has 31 heavy (non-hydrogen) atoms. The number of ketones is 1. The van der Waals surface area contributed by atoms with Crippen LogP contribution in [-0.2, 0) is 4.79 Å². The number of carbonyl (C=O) groups is 1. The quantitative estimate of drug-likeness (QED) is 0.595. The molecule has 164 valence electrons. The number of likely N-dealkylation sites (N-methyl/N-ethyl adjacent to an activating group) is 1. The van der Waals surface area contributed by atoms with Gasteiger partial charge in [0.25, 0.3) is 0 Å². The minimum atomic E-state index is -0.151. The molecule has 2 saturated heterocycles. The summed E-state index contributed by atoms with van der Waals surface area (Å²) in [5.41, 5.74) is 3.66. The molecule has 7 heteroatoms. The van der Waals surface area contributed by atoms with Crippen molar-refractivity contribution in [2.45, 2.75) is 38.8 Å². The zero-order valence-electron chi connectivity index (χ0n) is 18.7. The summed E-state index contributed by atoms with van der Waals surface area (Å²) in [6.45, 7) is 11.8. The van der Waals surface area contributed by atoms with Gasteiger partial charge in [-0.3, -0.25) is 19.5 Å².